The number of hydrogen-bond acceptors (Lipinski definition) is 3. The first-order chi connectivity index (χ1) is 8.72. The molecule has 1 aliphatic carbocycles. The minimum atomic E-state index is -0.314. The first-order valence-electron chi connectivity index (χ1n) is 6.75. The zero-order chi connectivity index (χ0) is 13.0. The Labute approximate surface area is 107 Å². The molecule has 1 saturated heterocycles. The van der Waals surface area contributed by atoms with Crippen LogP contribution in [-0.4, -0.2) is 41.1 Å². The maximum absolute atomic E-state index is 12.1. The summed E-state index contributed by atoms with van der Waals surface area (Å²) in [6.45, 7) is 1.61. The Morgan fingerprint density at radius 3 is 2.39 bits per heavy atom. The van der Waals surface area contributed by atoms with Crippen LogP contribution in [0.4, 0.5) is 4.79 Å². The van der Waals surface area contributed by atoms with E-state index in [1.54, 1.807) is 0 Å². The van der Waals surface area contributed by atoms with Gasteiger partial charge in [-0.15, -0.1) is 0 Å². The second-order valence-electron chi connectivity index (χ2n) is 5.19. The number of amides is 2. The number of hydrogen-bond donors (Lipinski definition) is 3. The molecule has 0 spiro atoms. The average molecular weight is 254 g/mol. The molecule has 2 rings (SSSR count). The Kier molecular flexibility index (Phi) is 4.28. The molecule has 6 heteroatoms. The summed E-state index contributed by atoms with van der Waals surface area (Å²) in [5.74, 6) is 0.442. The Balaban J connectivity index is 1.91. The molecule has 1 saturated carbocycles. The van der Waals surface area contributed by atoms with Crippen molar-refractivity contribution in [2.24, 2.45) is 16.8 Å². The van der Waals surface area contributed by atoms with Gasteiger partial charge < -0.3 is 21.2 Å². The lowest BCUT2D eigenvalue weighted by atomic mass is 10.1. The summed E-state index contributed by atoms with van der Waals surface area (Å²) in [5, 5.41) is 14.7. The Morgan fingerprint density at radius 1 is 1.28 bits per heavy atom. The van der Waals surface area contributed by atoms with Gasteiger partial charge in [0.1, 0.15) is 0 Å². The molecular weight excluding hydrogens is 232 g/mol. The van der Waals surface area contributed by atoms with Crippen molar-refractivity contribution in [2.45, 2.75) is 44.6 Å². The fourth-order valence-electron chi connectivity index (χ4n) is 2.42. The number of nitrogens with one attached hydrogen (secondary N) is 1. The highest BCUT2D eigenvalue weighted by atomic mass is 16.4. The summed E-state index contributed by atoms with van der Waals surface area (Å²) < 4.78 is 0. The van der Waals surface area contributed by atoms with Gasteiger partial charge in [-0.2, -0.15) is 0 Å². The predicted molar refractivity (Wildman–Crippen MR) is 68.5 cm³/mol. The molecule has 2 amide bonds. The first kappa shape index (κ1) is 13.0. The zero-order valence-corrected chi connectivity index (χ0v) is 10.6. The van der Waals surface area contributed by atoms with Gasteiger partial charge in [0.05, 0.1) is 6.04 Å². The topological polar surface area (TPSA) is 91.0 Å². The van der Waals surface area contributed by atoms with Crippen LogP contribution in [0.25, 0.3) is 0 Å². The van der Waals surface area contributed by atoms with E-state index in [0.29, 0.717) is 5.92 Å². The third kappa shape index (κ3) is 3.27. The number of nitrogens with zero attached hydrogens (tertiary/aromatic N) is 2. The molecule has 4 N–H and O–H groups in total. The SMILES string of the molecule is NC(=NO)C(NC(=O)N1CCCCCC1)C1CC1. The summed E-state index contributed by atoms with van der Waals surface area (Å²) in [6, 6.07) is -0.397. The second kappa shape index (κ2) is 5.93. The summed E-state index contributed by atoms with van der Waals surface area (Å²) in [6.07, 6.45) is 6.56. The number of rotatable bonds is 3. The van der Waals surface area contributed by atoms with Crippen molar-refractivity contribution in [3.05, 3.63) is 0 Å². The van der Waals surface area contributed by atoms with Crippen LogP contribution in [0.3, 0.4) is 0 Å². The molecule has 0 aromatic carbocycles. The van der Waals surface area contributed by atoms with E-state index in [4.69, 9.17) is 10.9 Å². The summed E-state index contributed by atoms with van der Waals surface area (Å²) >= 11 is 0. The Bertz CT molecular complexity index is 320. The van der Waals surface area contributed by atoms with E-state index in [-0.39, 0.29) is 17.9 Å². The molecule has 0 radical (unpaired) electrons. The number of carbonyl (C=O) groups excluding carboxylic acids is 1. The molecule has 18 heavy (non-hydrogen) atoms. The van der Waals surface area contributed by atoms with E-state index >= 15 is 0 Å². The molecule has 0 aromatic rings. The highest BCUT2D eigenvalue weighted by Crippen LogP contribution is 2.32. The van der Waals surface area contributed by atoms with Gasteiger partial charge in [0.15, 0.2) is 5.84 Å². The van der Waals surface area contributed by atoms with Crippen molar-refractivity contribution in [3.8, 4) is 0 Å². The van der Waals surface area contributed by atoms with Crippen LogP contribution in [0.15, 0.2) is 5.16 Å². The maximum Gasteiger partial charge on any atom is 0.317 e. The molecule has 102 valence electrons. The highest BCUT2D eigenvalue weighted by molar-refractivity contribution is 5.90. The lowest BCUT2D eigenvalue weighted by molar-refractivity contribution is 0.197. The van der Waals surface area contributed by atoms with Gasteiger partial charge in [-0.25, -0.2) is 4.79 Å². The Morgan fingerprint density at radius 2 is 1.89 bits per heavy atom. The third-order valence-corrected chi connectivity index (χ3v) is 3.70. The van der Waals surface area contributed by atoms with Crippen LogP contribution in [0.2, 0.25) is 0 Å². The molecule has 1 heterocycles. The van der Waals surface area contributed by atoms with Gasteiger partial charge in [0, 0.05) is 13.1 Å². The third-order valence-electron chi connectivity index (χ3n) is 3.70. The number of urea groups is 1. The standard InChI is InChI=1S/C12H22N4O2/c13-11(15-18)10(9-5-6-9)14-12(17)16-7-3-1-2-4-8-16/h9-10,18H,1-8H2,(H2,13,15)(H,14,17). The summed E-state index contributed by atoms with van der Waals surface area (Å²) in [4.78, 5) is 14.0. The number of nitrogens with two attached hydrogens (primary N) is 1. The molecule has 2 fully saturated rings. The van der Waals surface area contributed by atoms with E-state index in [9.17, 15) is 4.79 Å². The van der Waals surface area contributed by atoms with E-state index < -0.39 is 0 Å². The van der Waals surface area contributed by atoms with Crippen molar-refractivity contribution < 1.29 is 10.0 Å². The Hall–Kier alpha value is -1.46. The normalized spacial score (nSPS) is 23.3. The summed E-state index contributed by atoms with van der Waals surface area (Å²) in [5.41, 5.74) is 5.63. The van der Waals surface area contributed by atoms with Crippen molar-refractivity contribution in [3.63, 3.8) is 0 Å². The van der Waals surface area contributed by atoms with Crippen molar-refractivity contribution in [1.29, 1.82) is 0 Å². The van der Waals surface area contributed by atoms with Crippen LogP contribution in [0, 0.1) is 5.92 Å². The smallest absolute Gasteiger partial charge is 0.317 e. The van der Waals surface area contributed by atoms with E-state index in [2.05, 4.69) is 10.5 Å². The van der Waals surface area contributed by atoms with Gasteiger partial charge in [-0.1, -0.05) is 18.0 Å². The minimum Gasteiger partial charge on any atom is -0.409 e. The highest BCUT2D eigenvalue weighted by Gasteiger charge is 2.36. The van der Waals surface area contributed by atoms with Crippen molar-refractivity contribution in [2.75, 3.05) is 13.1 Å². The molecule has 0 bridgehead atoms. The first-order valence-corrected chi connectivity index (χ1v) is 6.75. The van der Waals surface area contributed by atoms with Crippen LogP contribution in [-0.2, 0) is 0 Å². The number of likely N-dealkylation sites (tertiary alicyclic amines) is 1. The minimum absolute atomic E-state index is 0.0830. The van der Waals surface area contributed by atoms with Gasteiger partial charge in [0.2, 0.25) is 0 Å². The van der Waals surface area contributed by atoms with Gasteiger partial charge in [0.25, 0.3) is 0 Å². The summed E-state index contributed by atoms with van der Waals surface area (Å²) in [7, 11) is 0. The quantitative estimate of drug-likeness (QED) is 0.305. The fraction of sp³-hybridized carbons (Fsp3) is 0.833. The largest absolute Gasteiger partial charge is 0.409 e. The van der Waals surface area contributed by atoms with Crippen molar-refractivity contribution >= 4 is 11.9 Å². The number of oxime groups is 1. The van der Waals surface area contributed by atoms with Crippen LogP contribution in [0.1, 0.15) is 38.5 Å². The van der Waals surface area contributed by atoms with Gasteiger partial charge in [-0.3, -0.25) is 0 Å². The van der Waals surface area contributed by atoms with Crippen LogP contribution < -0.4 is 11.1 Å². The molecule has 2 aliphatic rings. The average Bonchev–Trinajstić information content (AvgIpc) is 3.20. The molecule has 6 nitrogen and oxygen atoms in total. The van der Waals surface area contributed by atoms with Crippen molar-refractivity contribution in [1.82, 2.24) is 10.2 Å². The lowest BCUT2D eigenvalue weighted by Gasteiger charge is -2.24. The second-order valence-corrected chi connectivity index (χ2v) is 5.19. The van der Waals surface area contributed by atoms with Crippen LogP contribution in [0.5, 0.6) is 0 Å². The van der Waals surface area contributed by atoms with Crippen LogP contribution >= 0.6 is 0 Å². The van der Waals surface area contributed by atoms with E-state index in [0.717, 1.165) is 38.8 Å². The molecule has 1 atom stereocenters. The number of amidine groups is 1. The predicted octanol–water partition coefficient (Wildman–Crippen LogP) is 1.10. The number of carbonyl (C=O) groups is 1. The monoisotopic (exact) mass is 254 g/mol. The van der Waals surface area contributed by atoms with E-state index in [1.165, 1.54) is 12.8 Å². The zero-order valence-electron chi connectivity index (χ0n) is 10.6. The molecular formula is C12H22N4O2. The van der Waals surface area contributed by atoms with Gasteiger partial charge >= 0.3 is 6.03 Å². The molecule has 0 aromatic heterocycles. The van der Waals surface area contributed by atoms with Gasteiger partial charge in [-0.05, 0) is 31.6 Å². The van der Waals surface area contributed by atoms with E-state index in [1.807, 2.05) is 4.90 Å². The fourth-order valence-corrected chi connectivity index (χ4v) is 2.42. The maximum atomic E-state index is 12.1. The lowest BCUT2D eigenvalue weighted by Crippen LogP contribution is -2.51. The molecule has 1 unspecified atom stereocenters. The molecule has 1 aliphatic heterocycles.